The quantitative estimate of drug-likeness (QED) is 0.591. The van der Waals surface area contributed by atoms with Gasteiger partial charge in [-0.15, -0.1) is 0 Å². The fraction of sp³-hybridized carbons (Fsp3) is 0.875. The average Bonchev–Trinajstić information content (AvgIpc) is 1.83. The van der Waals surface area contributed by atoms with Crippen LogP contribution in [0.4, 0.5) is 0 Å². The summed E-state index contributed by atoms with van der Waals surface area (Å²) in [7, 11) is 0. The van der Waals surface area contributed by atoms with Gasteiger partial charge in [-0.05, 0) is 18.8 Å². The minimum absolute atomic E-state index is 0.0492. The standard InChI is InChI=1S/C8H13NO2/c10-8-5-11-4-7(9-8)6-2-1-3-6/h6-7H,1-5H2,(H,9,10)/t7-/m0/s1. The smallest absolute Gasteiger partial charge is 0.246 e. The number of rotatable bonds is 1. The Balaban J connectivity index is 1.87. The molecular formula is C8H13NO2. The van der Waals surface area contributed by atoms with E-state index in [9.17, 15) is 4.79 Å². The second-order valence-electron chi connectivity index (χ2n) is 3.38. The molecule has 1 aliphatic heterocycles. The zero-order valence-electron chi connectivity index (χ0n) is 6.51. The van der Waals surface area contributed by atoms with Crippen molar-refractivity contribution in [1.82, 2.24) is 5.32 Å². The minimum atomic E-state index is 0.0492. The molecule has 0 radical (unpaired) electrons. The molecule has 0 aromatic rings. The van der Waals surface area contributed by atoms with Crippen molar-refractivity contribution >= 4 is 5.91 Å². The Morgan fingerprint density at radius 3 is 2.82 bits per heavy atom. The average molecular weight is 155 g/mol. The van der Waals surface area contributed by atoms with Gasteiger partial charge in [0.1, 0.15) is 6.61 Å². The summed E-state index contributed by atoms with van der Waals surface area (Å²) in [5.74, 6) is 0.743. The predicted octanol–water partition coefficient (Wildman–Crippen LogP) is 0.301. The van der Waals surface area contributed by atoms with Gasteiger partial charge in [-0.2, -0.15) is 0 Å². The third kappa shape index (κ3) is 1.38. The third-order valence-corrected chi connectivity index (χ3v) is 2.60. The molecule has 1 amide bonds. The second-order valence-corrected chi connectivity index (χ2v) is 3.38. The molecule has 0 aromatic carbocycles. The number of hydrogen-bond donors (Lipinski definition) is 1. The van der Waals surface area contributed by atoms with Crippen LogP contribution in [-0.2, 0) is 9.53 Å². The summed E-state index contributed by atoms with van der Waals surface area (Å²) in [5.41, 5.74) is 0. The topological polar surface area (TPSA) is 38.3 Å². The molecule has 62 valence electrons. The first-order chi connectivity index (χ1) is 5.36. The van der Waals surface area contributed by atoms with E-state index in [4.69, 9.17) is 4.74 Å². The number of morpholine rings is 1. The second kappa shape index (κ2) is 2.81. The molecule has 1 saturated heterocycles. The molecule has 1 atom stereocenters. The van der Waals surface area contributed by atoms with E-state index in [1.54, 1.807) is 0 Å². The van der Waals surface area contributed by atoms with Crippen molar-refractivity contribution in [2.75, 3.05) is 13.2 Å². The summed E-state index contributed by atoms with van der Waals surface area (Å²) in [6.07, 6.45) is 3.83. The lowest BCUT2D eigenvalue weighted by molar-refractivity contribution is -0.133. The molecule has 2 fully saturated rings. The van der Waals surface area contributed by atoms with Crippen LogP contribution >= 0.6 is 0 Å². The number of carbonyl (C=O) groups excluding carboxylic acids is 1. The molecule has 3 heteroatoms. The maximum atomic E-state index is 10.9. The van der Waals surface area contributed by atoms with Gasteiger partial charge >= 0.3 is 0 Å². The summed E-state index contributed by atoms with van der Waals surface area (Å²) in [4.78, 5) is 10.9. The highest BCUT2D eigenvalue weighted by Crippen LogP contribution is 2.30. The fourth-order valence-corrected chi connectivity index (χ4v) is 1.66. The molecule has 1 heterocycles. The van der Waals surface area contributed by atoms with E-state index in [1.165, 1.54) is 19.3 Å². The molecule has 2 aliphatic rings. The van der Waals surface area contributed by atoms with Crippen LogP contribution in [0.2, 0.25) is 0 Å². The van der Waals surface area contributed by atoms with E-state index in [-0.39, 0.29) is 12.5 Å². The maximum Gasteiger partial charge on any atom is 0.246 e. The summed E-state index contributed by atoms with van der Waals surface area (Å²) < 4.78 is 5.14. The number of hydrogen-bond acceptors (Lipinski definition) is 2. The van der Waals surface area contributed by atoms with E-state index in [1.807, 2.05) is 0 Å². The van der Waals surface area contributed by atoms with Crippen molar-refractivity contribution in [1.29, 1.82) is 0 Å². The predicted molar refractivity (Wildman–Crippen MR) is 40.1 cm³/mol. The summed E-state index contributed by atoms with van der Waals surface area (Å²) in [6, 6.07) is 0.310. The lowest BCUT2D eigenvalue weighted by atomic mass is 9.80. The summed E-state index contributed by atoms with van der Waals surface area (Å²) in [5, 5.41) is 2.95. The van der Waals surface area contributed by atoms with Gasteiger partial charge in [-0.25, -0.2) is 0 Å². The van der Waals surface area contributed by atoms with E-state index < -0.39 is 0 Å². The van der Waals surface area contributed by atoms with E-state index in [0.717, 1.165) is 6.61 Å². The van der Waals surface area contributed by atoms with Gasteiger partial charge < -0.3 is 10.1 Å². The first kappa shape index (κ1) is 7.10. The van der Waals surface area contributed by atoms with Crippen LogP contribution < -0.4 is 5.32 Å². The van der Waals surface area contributed by atoms with Gasteiger partial charge in [-0.1, -0.05) is 6.42 Å². The van der Waals surface area contributed by atoms with Crippen molar-refractivity contribution < 1.29 is 9.53 Å². The van der Waals surface area contributed by atoms with Crippen LogP contribution in [-0.4, -0.2) is 25.2 Å². The van der Waals surface area contributed by atoms with Gasteiger partial charge in [0.2, 0.25) is 5.91 Å². The van der Waals surface area contributed by atoms with E-state index >= 15 is 0 Å². The largest absolute Gasteiger partial charge is 0.370 e. The Morgan fingerprint density at radius 2 is 2.27 bits per heavy atom. The lowest BCUT2D eigenvalue weighted by Gasteiger charge is -2.36. The number of nitrogens with one attached hydrogen (secondary N) is 1. The molecule has 1 saturated carbocycles. The Hall–Kier alpha value is -0.570. The summed E-state index contributed by atoms with van der Waals surface area (Å²) in [6.45, 7) is 0.972. The molecule has 3 nitrogen and oxygen atoms in total. The van der Waals surface area contributed by atoms with Crippen LogP contribution in [0.3, 0.4) is 0 Å². The maximum absolute atomic E-state index is 10.9. The van der Waals surface area contributed by atoms with Crippen molar-refractivity contribution in [3.05, 3.63) is 0 Å². The highest BCUT2D eigenvalue weighted by atomic mass is 16.5. The molecule has 11 heavy (non-hydrogen) atoms. The van der Waals surface area contributed by atoms with Gasteiger partial charge in [0.05, 0.1) is 12.6 Å². The SMILES string of the molecule is O=C1COC[C@@H](C2CCC2)N1. The van der Waals surface area contributed by atoms with Crippen molar-refractivity contribution in [2.45, 2.75) is 25.3 Å². The summed E-state index contributed by atoms with van der Waals surface area (Å²) >= 11 is 0. The highest BCUT2D eigenvalue weighted by molar-refractivity contribution is 5.78. The fourth-order valence-electron chi connectivity index (χ4n) is 1.66. The lowest BCUT2D eigenvalue weighted by Crippen LogP contribution is -2.51. The van der Waals surface area contributed by atoms with Crippen LogP contribution in [0.5, 0.6) is 0 Å². The van der Waals surface area contributed by atoms with E-state index in [2.05, 4.69) is 5.32 Å². The Labute approximate surface area is 66.1 Å². The molecule has 0 bridgehead atoms. The van der Waals surface area contributed by atoms with Gasteiger partial charge in [0, 0.05) is 0 Å². The first-order valence-electron chi connectivity index (χ1n) is 4.23. The number of ether oxygens (including phenoxy) is 1. The van der Waals surface area contributed by atoms with E-state index in [0.29, 0.717) is 12.0 Å². The highest BCUT2D eigenvalue weighted by Gasteiger charge is 2.30. The number of carbonyl (C=O) groups is 1. The zero-order valence-corrected chi connectivity index (χ0v) is 6.51. The zero-order chi connectivity index (χ0) is 7.68. The number of amides is 1. The van der Waals surface area contributed by atoms with Gasteiger partial charge in [0.15, 0.2) is 0 Å². The molecular weight excluding hydrogens is 142 g/mol. The molecule has 1 N–H and O–H groups in total. The Bertz CT molecular complexity index is 165. The van der Waals surface area contributed by atoms with Crippen LogP contribution in [0.25, 0.3) is 0 Å². The molecule has 0 spiro atoms. The third-order valence-electron chi connectivity index (χ3n) is 2.60. The minimum Gasteiger partial charge on any atom is -0.370 e. The van der Waals surface area contributed by atoms with Crippen molar-refractivity contribution in [3.8, 4) is 0 Å². The normalized spacial score (nSPS) is 32.7. The molecule has 1 aliphatic carbocycles. The Morgan fingerprint density at radius 1 is 1.45 bits per heavy atom. The molecule has 2 rings (SSSR count). The van der Waals surface area contributed by atoms with Crippen LogP contribution in [0.1, 0.15) is 19.3 Å². The molecule has 0 aromatic heterocycles. The van der Waals surface area contributed by atoms with Crippen molar-refractivity contribution in [3.63, 3.8) is 0 Å². The van der Waals surface area contributed by atoms with Gasteiger partial charge in [-0.3, -0.25) is 4.79 Å². The van der Waals surface area contributed by atoms with Crippen LogP contribution in [0, 0.1) is 5.92 Å². The van der Waals surface area contributed by atoms with Crippen LogP contribution in [0.15, 0.2) is 0 Å². The monoisotopic (exact) mass is 155 g/mol. The van der Waals surface area contributed by atoms with Crippen molar-refractivity contribution in [2.24, 2.45) is 5.92 Å². The Kier molecular flexibility index (Phi) is 1.82. The molecule has 0 unspecified atom stereocenters. The first-order valence-corrected chi connectivity index (χ1v) is 4.23. The van der Waals surface area contributed by atoms with Gasteiger partial charge in [0.25, 0.3) is 0 Å².